The van der Waals surface area contributed by atoms with Crippen LogP contribution >= 0.6 is 39.6 Å². The summed E-state index contributed by atoms with van der Waals surface area (Å²) in [6.07, 6.45) is 0. The Bertz CT molecular complexity index is 247. The van der Waals surface area contributed by atoms with Gasteiger partial charge in [0, 0.05) is 27.2 Å². The standard InChI is InChI=1S/C8H12IN2PS/c9-13-11-8(12)7(10)6-4-2-1-3-5-6/h1-5,7-8,11H,10,12H2/t7?,8-/m0/s1. The molecule has 5 heteroatoms. The van der Waals surface area contributed by atoms with E-state index < -0.39 is 0 Å². The molecule has 0 aliphatic heterocycles. The number of hydrogen-bond acceptors (Lipinski definition) is 3. The van der Waals surface area contributed by atoms with E-state index in [0.717, 1.165) is 5.56 Å². The van der Waals surface area contributed by atoms with E-state index in [-0.39, 0.29) is 11.8 Å². The van der Waals surface area contributed by atoms with Crippen molar-refractivity contribution in [1.82, 2.24) is 4.72 Å². The summed E-state index contributed by atoms with van der Waals surface area (Å²) in [6, 6.07) is 10.1. The van der Waals surface area contributed by atoms with Crippen LogP contribution < -0.4 is 10.5 Å². The van der Waals surface area contributed by atoms with Gasteiger partial charge in [-0.1, -0.05) is 30.3 Å². The van der Waals surface area contributed by atoms with Crippen molar-refractivity contribution in [3.05, 3.63) is 35.9 Å². The predicted molar refractivity (Wildman–Crippen MR) is 71.6 cm³/mol. The first kappa shape index (κ1) is 11.7. The van der Waals surface area contributed by atoms with Gasteiger partial charge in [0.15, 0.2) is 0 Å². The smallest absolute Gasteiger partial charge is 0.0511 e. The second kappa shape index (κ2) is 6.19. The SMILES string of the molecule is NC(c1ccccc1)[C@H](P)NSI. The van der Waals surface area contributed by atoms with Gasteiger partial charge in [-0.15, -0.1) is 9.24 Å². The molecule has 13 heavy (non-hydrogen) atoms. The first-order chi connectivity index (χ1) is 6.25. The molecule has 3 N–H and O–H groups in total. The number of benzene rings is 1. The molecule has 2 unspecified atom stereocenters. The lowest BCUT2D eigenvalue weighted by molar-refractivity contribution is 0.666. The molecule has 1 aromatic carbocycles. The van der Waals surface area contributed by atoms with E-state index in [1.165, 1.54) is 0 Å². The van der Waals surface area contributed by atoms with E-state index in [1.54, 1.807) is 9.12 Å². The van der Waals surface area contributed by atoms with E-state index in [9.17, 15) is 0 Å². The first-order valence-corrected chi connectivity index (χ1v) is 7.87. The van der Waals surface area contributed by atoms with Crippen LogP contribution in [0.3, 0.4) is 0 Å². The number of nitrogens with one attached hydrogen (secondary N) is 1. The zero-order chi connectivity index (χ0) is 9.68. The largest absolute Gasteiger partial charge is 0.322 e. The number of halogens is 1. The number of hydrogen-bond donors (Lipinski definition) is 2. The van der Waals surface area contributed by atoms with Crippen LogP contribution in [-0.2, 0) is 0 Å². The summed E-state index contributed by atoms with van der Waals surface area (Å²) in [7, 11) is 4.26. The molecular formula is C8H12IN2PS. The molecule has 2 nitrogen and oxygen atoms in total. The molecule has 0 aliphatic rings. The van der Waals surface area contributed by atoms with Gasteiger partial charge in [0.1, 0.15) is 0 Å². The van der Waals surface area contributed by atoms with Crippen LogP contribution in [0.5, 0.6) is 0 Å². The van der Waals surface area contributed by atoms with Crippen molar-refractivity contribution in [2.24, 2.45) is 5.73 Å². The third kappa shape index (κ3) is 3.72. The molecule has 0 saturated heterocycles. The topological polar surface area (TPSA) is 38.0 Å². The fraction of sp³-hybridized carbons (Fsp3) is 0.250. The third-order valence-corrected chi connectivity index (χ3v) is 3.70. The Balaban J connectivity index is 2.62. The van der Waals surface area contributed by atoms with E-state index in [0.29, 0.717) is 0 Å². The molecule has 3 atom stereocenters. The van der Waals surface area contributed by atoms with Crippen molar-refractivity contribution in [3.63, 3.8) is 0 Å². The second-order valence-corrected chi connectivity index (χ2v) is 5.09. The Morgan fingerprint density at radius 2 is 2.00 bits per heavy atom. The van der Waals surface area contributed by atoms with Gasteiger partial charge < -0.3 is 5.73 Å². The maximum atomic E-state index is 6.02. The zero-order valence-corrected chi connectivity index (χ0v) is 11.1. The highest BCUT2D eigenvalue weighted by atomic mass is 127. The fourth-order valence-corrected chi connectivity index (χ4v) is 3.39. The Hall–Kier alpha value is 0.650. The van der Waals surface area contributed by atoms with Crippen molar-refractivity contribution < 1.29 is 0 Å². The highest BCUT2D eigenvalue weighted by Crippen LogP contribution is 2.21. The van der Waals surface area contributed by atoms with Gasteiger partial charge in [-0.05, 0) is 14.7 Å². The normalized spacial score (nSPS) is 15.3. The van der Waals surface area contributed by atoms with E-state index in [4.69, 9.17) is 5.73 Å². The highest BCUT2D eigenvalue weighted by molar-refractivity contribution is 14.2. The summed E-state index contributed by atoms with van der Waals surface area (Å²) in [4.78, 5) is 0. The summed E-state index contributed by atoms with van der Waals surface area (Å²) in [6.45, 7) is 0. The monoisotopic (exact) mass is 326 g/mol. The van der Waals surface area contributed by atoms with Crippen LogP contribution in [0.2, 0.25) is 0 Å². The van der Waals surface area contributed by atoms with Crippen LogP contribution in [0.1, 0.15) is 11.6 Å². The Labute approximate surface area is 97.3 Å². The Kier molecular flexibility index (Phi) is 5.58. The molecule has 0 spiro atoms. The molecule has 0 saturated carbocycles. The molecule has 0 heterocycles. The van der Waals surface area contributed by atoms with Crippen LogP contribution in [-0.4, -0.2) is 5.78 Å². The summed E-state index contributed by atoms with van der Waals surface area (Å²) in [5.74, 6) is 0.198. The summed E-state index contributed by atoms with van der Waals surface area (Å²) < 4.78 is 3.19. The lowest BCUT2D eigenvalue weighted by Crippen LogP contribution is -2.29. The fourth-order valence-electron chi connectivity index (χ4n) is 1.01. The molecule has 72 valence electrons. The van der Waals surface area contributed by atoms with Crippen molar-refractivity contribution in [1.29, 1.82) is 0 Å². The quantitative estimate of drug-likeness (QED) is 0.507. The minimum Gasteiger partial charge on any atom is -0.322 e. The molecule has 0 fully saturated rings. The van der Waals surface area contributed by atoms with Crippen molar-refractivity contribution in [2.45, 2.75) is 11.8 Å². The van der Waals surface area contributed by atoms with Crippen LogP contribution in [0, 0.1) is 0 Å². The van der Waals surface area contributed by atoms with E-state index in [2.05, 4.69) is 35.2 Å². The summed E-state index contributed by atoms with van der Waals surface area (Å²) in [5, 5.41) is 0. The average Bonchev–Trinajstić information content (AvgIpc) is 2.18. The maximum absolute atomic E-state index is 6.02. The maximum Gasteiger partial charge on any atom is 0.0511 e. The van der Waals surface area contributed by atoms with E-state index in [1.807, 2.05) is 30.3 Å². The van der Waals surface area contributed by atoms with Gasteiger partial charge in [-0.2, -0.15) is 0 Å². The van der Waals surface area contributed by atoms with Crippen molar-refractivity contribution in [2.75, 3.05) is 0 Å². The first-order valence-electron chi connectivity index (χ1n) is 3.85. The summed E-state index contributed by atoms with van der Waals surface area (Å²) in [5.41, 5.74) is 7.18. The van der Waals surface area contributed by atoms with Crippen LogP contribution in [0.4, 0.5) is 0 Å². The lowest BCUT2D eigenvalue weighted by Gasteiger charge is -2.19. The second-order valence-electron chi connectivity index (χ2n) is 2.66. The molecule has 1 rings (SSSR count). The van der Waals surface area contributed by atoms with Crippen LogP contribution in [0.25, 0.3) is 0 Å². The van der Waals surface area contributed by atoms with Gasteiger partial charge in [0.25, 0.3) is 0 Å². The molecule has 0 bridgehead atoms. The van der Waals surface area contributed by atoms with Gasteiger partial charge >= 0.3 is 0 Å². The minimum absolute atomic E-state index is 0.0217. The number of nitrogens with two attached hydrogens (primary N) is 1. The van der Waals surface area contributed by atoms with Gasteiger partial charge in [0.05, 0.1) is 5.78 Å². The van der Waals surface area contributed by atoms with Crippen LogP contribution in [0.15, 0.2) is 30.3 Å². The van der Waals surface area contributed by atoms with E-state index >= 15 is 0 Å². The Morgan fingerprint density at radius 1 is 1.38 bits per heavy atom. The zero-order valence-electron chi connectivity index (χ0n) is 6.98. The van der Waals surface area contributed by atoms with Crippen molar-refractivity contribution in [3.8, 4) is 0 Å². The molecule has 0 amide bonds. The lowest BCUT2D eigenvalue weighted by atomic mass is 10.1. The average molecular weight is 326 g/mol. The molecule has 0 radical (unpaired) electrons. The number of rotatable bonds is 4. The predicted octanol–water partition coefficient (Wildman–Crippen LogP) is 2.48. The molecule has 0 aliphatic carbocycles. The van der Waals surface area contributed by atoms with Gasteiger partial charge in [-0.25, -0.2) is 4.72 Å². The Morgan fingerprint density at radius 3 is 2.54 bits per heavy atom. The third-order valence-electron chi connectivity index (χ3n) is 1.75. The van der Waals surface area contributed by atoms with Crippen molar-refractivity contribution >= 4 is 39.6 Å². The molecular weight excluding hydrogens is 314 g/mol. The minimum atomic E-state index is 0.0217. The van der Waals surface area contributed by atoms with Gasteiger partial charge in [-0.3, -0.25) is 0 Å². The van der Waals surface area contributed by atoms with Gasteiger partial charge in [0.2, 0.25) is 0 Å². The summed E-state index contributed by atoms with van der Waals surface area (Å²) >= 11 is 2.19. The molecule has 0 aromatic heterocycles. The highest BCUT2D eigenvalue weighted by Gasteiger charge is 2.13. The molecule has 1 aromatic rings.